The molecule has 41 heavy (non-hydrogen) atoms. The van der Waals surface area contributed by atoms with Crippen LogP contribution in [0.3, 0.4) is 0 Å². The van der Waals surface area contributed by atoms with Crippen LogP contribution in [0.2, 0.25) is 0 Å². The molecule has 1 fully saturated rings. The molecule has 0 amide bonds. The van der Waals surface area contributed by atoms with Crippen molar-refractivity contribution in [2.75, 3.05) is 25.1 Å². The van der Waals surface area contributed by atoms with Crippen molar-refractivity contribution < 1.29 is 9.53 Å². The molecule has 5 rings (SSSR count). The first-order chi connectivity index (χ1) is 19.4. The topological polar surface area (TPSA) is 72.6 Å². The highest BCUT2D eigenvalue weighted by Crippen LogP contribution is 2.44. The van der Waals surface area contributed by atoms with Crippen LogP contribution in [0, 0.1) is 23.7 Å². The lowest BCUT2D eigenvalue weighted by atomic mass is 9.71. The molecule has 0 bridgehead atoms. The first kappa shape index (κ1) is 28.8. The van der Waals surface area contributed by atoms with Crippen molar-refractivity contribution in [2.24, 2.45) is 16.7 Å². The van der Waals surface area contributed by atoms with Gasteiger partial charge in [-0.15, -0.1) is 5.10 Å². The number of rotatable bonds is 6. The summed E-state index contributed by atoms with van der Waals surface area (Å²) in [6.07, 6.45) is 2.10. The smallest absolute Gasteiger partial charge is 0.313 e. The fourth-order valence-electron chi connectivity index (χ4n) is 5.79. The highest BCUT2D eigenvalue weighted by atomic mass is 16.5. The van der Waals surface area contributed by atoms with Gasteiger partial charge in [0.25, 0.3) is 5.78 Å². The number of esters is 1. The zero-order valence-electron chi connectivity index (χ0n) is 25.7. The number of carbonyl (C=O) groups is 1. The summed E-state index contributed by atoms with van der Waals surface area (Å²) in [4.78, 5) is 25.8. The Kier molecular flexibility index (Phi) is 7.66. The second-order valence-corrected chi connectivity index (χ2v) is 13.3. The van der Waals surface area contributed by atoms with Crippen LogP contribution in [0.25, 0.3) is 28.3 Å². The number of hydrogen-bond acceptors (Lipinski definition) is 6. The van der Waals surface area contributed by atoms with Crippen molar-refractivity contribution in [1.29, 1.82) is 0 Å². The Hall–Kier alpha value is -3.74. The summed E-state index contributed by atoms with van der Waals surface area (Å²) in [6, 6.07) is 18.6. The van der Waals surface area contributed by atoms with Gasteiger partial charge in [-0.05, 0) is 53.7 Å². The molecule has 2 aromatic carbocycles. The molecular weight excluding hydrogens is 510 g/mol. The van der Waals surface area contributed by atoms with E-state index in [1.807, 2.05) is 41.8 Å². The predicted molar refractivity (Wildman–Crippen MR) is 165 cm³/mol. The number of methoxy groups -OCH3 is 1. The highest BCUT2D eigenvalue weighted by molar-refractivity contribution is 5.82. The molecule has 1 saturated heterocycles. The second kappa shape index (κ2) is 10.9. The van der Waals surface area contributed by atoms with Crippen molar-refractivity contribution in [3.8, 4) is 22.5 Å². The van der Waals surface area contributed by atoms with E-state index in [1.165, 1.54) is 7.11 Å². The van der Waals surface area contributed by atoms with Gasteiger partial charge in [0.1, 0.15) is 5.82 Å². The van der Waals surface area contributed by atoms with E-state index in [2.05, 4.69) is 70.7 Å². The first-order valence-electron chi connectivity index (χ1n) is 14.7. The average Bonchev–Trinajstić information content (AvgIpc) is 3.37. The molecule has 2 atom stereocenters. The summed E-state index contributed by atoms with van der Waals surface area (Å²) in [5.41, 5.74) is 4.99. The number of nitrogens with zero attached hydrogens (tertiary/aromatic N) is 5. The Morgan fingerprint density at radius 3 is 2.22 bits per heavy atom. The van der Waals surface area contributed by atoms with Crippen LogP contribution >= 0.6 is 0 Å². The minimum Gasteiger partial charge on any atom is -0.469 e. The van der Waals surface area contributed by atoms with Crippen LogP contribution in [-0.2, 0) is 9.53 Å². The van der Waals surface area contributed by atoms with Gasteiger partial charge >= 0.3 is 5.97 Å². The lowest BCUT2D eigenvalue weighted by molar-refractivity contribution is -0.144. The highest BCUT2D eigenvalue weighted by Gasteiger charge is 2.41. The molecule has 3 heterocycles. The number of carbonyl (C=O) groups excluding carboxylic acids is 1. The maximum atomic E-state index is 13.5. The summed E-state index contributed by atoms with van der Waals surface area (Å²) >= 11 is 0. The zero-order chi connectivity index (χ0) is 29.5. The number of anilines is 1. The summed E-state index contributed by atoms with van der Waals surface area (Å²) in [5, 5.41) is 5.07. The van der Waals surface area contributed by atoms with Crippen molar-refractivity contribution in [2.45, 2.75) is 67.2 Å². The Labute approximate surface area is 244 Å². The number of fused-ring (bicyclic) bond motifs is 1. The minimum atomic E-state index is -0.490. The van der Waals surface area contributed by atoms with Gasteiger partial charge in [0.15, 0.2) is 5.82 Å². The molecule has 0 N–H and O–H groups in total. The van der Waals surface area contributed by atoms with E-state index in [9.17, 15) is 4.79 Å². The molecule has 0 spiro atoms. The van der Waals surface area contributed by atoms with Crippen LogP contribution < -0.4 is 4.90 Å². The van der Waals surface area contributed by atoms with E-state index >= 15 is 0 Å². The predicted octanol–water partition coefficient (Wildman–Crippen LogP) is 7.33. The van der Waals surface area contributed by atoms with Crippen LogP contribution in [0.15, 0.2) is 54.6 Å². The summed E-state index contributed by atoms with van der Waals surface area (Å²) in [6.45, 7) is 17.0. The molecule has 4 aromatic rings. The Morgan fingerprint density at radius 1 is 0.951 bits per heavy atom. The quantitative estimate of drug-likeness (QED) is 0.233. The molecule has 7 heteroatoms. The number of benzene rings is 2. The van der Waals surface area contributed by atoms with Gasteiger partial charge in [-0.2, -0.15) is 9.50 Å². The molecule has 1 aliphatic heterocycles. The summed E-state index contributed by atoms with van der Waals surface area (Å²) in [5.74, 6) is 1.33. The van der Waals surface area contributed by atoms with Crippen LogP contribution in [-0.4, -0.2) is 45.8 Å². The van der Waals surface area contributed by atoms with E-state index < -0.39 is 5.92 Å². The normalized spacial score (nSPS) is 16.9. The third-order valence-electron chi connectivity index (χ3n) is 8.97. The van der Waals surface area contributed by atoms with E-state index in [1.54, 1.807) is 0 Å². The van der Waals surface area contributed by atoms with Crippen molar-refractivity contribution in [1.82, 2.24) is 19.6 Å². The molecule has 2 aromatic heterocycles. The van der Waals surface area contributed by atoms with Gasteiger partial charge in [-0.3, -0.25) is 4.79 Å². The van der Waals surface area contributed by atoms with Crippen molar-refractivity contribution in [3.05, 3.63) is 65.9 Å². The largest absolute Gasteiger partial charge is 0.469 e. The molecule has 0 radical (unpaired) electrons. The van der Waals surface area contributed by atoms with Crippen molar-refractivity contribution >= 4 is 17.6 Å². The summed E-state index contributed by atoms with van der Waals surface area (Å²) < 4.78 is 7.30. The molecule has 1 aliphatic rings. The third kappa shape index (κ3) is 5.72. The van der Waals surface area contributed by atoms with E-state index in [-0.39, 0.29) is 22.7 Å². The molecular formula is C34H43N5O2. The Bertz CT molecular complexity index is 1540. The van der Waals surface area contributed by atoms with Gasteiger partial charge in [-0.25, -0.2) is 4.98 Å². The van der Waals surface area contributed by atoms with E-state index in [4.69, 9.17) is 19.8 Å². The molecule has 0 aliphatic carbocycles. The monoisotopic (exact) mass is 553 g/mol. The van der Waals surface area contributed by atoms with Gasteiger partial charge < -0.3 is 9.64 Å². The summed E-state index contributed by atoms with van der Waals surface area (Å²) in [7, 11) is 1.47. The van der Waals surface area contributed by atoms with Gasteiger partial charge in [0.2, 0.25) is 0 Å². The van der Waals surface area contributed by atoms with Crippen LogP contribution in [0.5, 0.6) is 0 Å². The van der Waals surface area contributed by atoms with Gasteiger partial charge in [0, 0.05) is 29.9 Å². The number of aryl methyl sites for hydroxylation is 1. The molecule has 2 unspecified atom stereocenters. The maximum Gasteiger partial charge on any atom is 0.313 e. The SMILES string of the molecule is COC(=O)C(c1c(C)nc2nc(-c3cccc(-c4ccccc4)c3)nn2c1N1CCC(C)(C)CC1)C(C)C(C)(C)C. The molecule has 216 valence electrons. The number of ether oxygens (including phenoxy) is 1. The Balaban J connectivity index is 1.71. The van der Waals surface area contributed by atoms with E-state index in [0.717, 1.165) is 59.7 Å². The standard InChI is InChI=1S/C34H43N5O2/c1-22(33(3,4)5)27(31(40)41-8)28-23(2)35-32-36-29(26-16-12-15-25(21-26)24-13-10-9-11-14-24)37-39(32)30(28)38-19-17-34(6,7)18-20-38/h9-16,21-22,27H,17-20H2,1-8H3. The van der Waals surface area contributed by atoms with Gasteiger partial charge in [0.05, 0.1) is 13.0 Å². The van der Waals surface area contributed by atoms with Crippen LogP contribution in [0.1, 0.15) is 71.6 Å². The van der Waals surface area contributed by atoms with Gasteiger partial charge in [-0.1, -0.05) is 90.1 Å². The number of hydrogen-bond donors (Lipinski definition) is 0. The molecule has 7 nitrogen and oxygen atoms in total. The number of piperidine rings is 1. The lowest BCUT2D eigenvalue weighted by Crippen LogP contribution is -2.40. The fraction of sp³-hybridized carbons (Fsp3) is 0.471. The first-order valence-corrected chi connectivity index (χ1v) is 14.7. The zero-order valence-corrected chi connectivity index (χ0v) is 25.7. The van der Waals surface area contributed by atoms with Crippen molar-refractivity contribution in [3.63, 3.8) is 0 Å². The van der Waals surface area contributed by atoms with Crippen LogP contribution in [0.4, 0.5) is 5.82 Å². The second-order valence-electron chi connectivity index (χ2n) is 13.3. The average molecular weight is 554 g/mol. The number of aromatic nitrogens is 4. The lowest BCUT2D eigenvalue weighted by Gasteiger charge is -2.40. The fourth-order valence-corrected chi connectivity index (χ4v) is 5.79. The van der Waals surface area contributed by atoms with E-state index in [0.29, 0.717) is 11.6 Å². The Morgan fingerprint density at radius 2 is 1.59 bits per heavy atom. The third-order valence-corrected chi connectivity index (χ3v) is 8.97. The molecule has 0 saturated carbocycles. The maximum absolute atomic E-state index is 13.5. The minimum absolute atomic E-state index is 0.00146.